The van der Waals surface area contributed by atoms with Gasteiger partial charge < -0.3 is 10.6 Å². The highest BCUT2D eigenvalue weighted by Crippen LogP contribution is 2.24. The number of hydrogen-bond donors (Lipinski definition) is 2. The predicted molar refractivity (Wildman–Crippen MR) is 99.3 cm³/mol. The summed E-state index contributed by atoms with van der Waals surface area (Å²) in [6.07, 6.45) is 3.16. The number of nitrogens with one attached hydrogen (secondary N) is 2. The number of nitrogens with zero attached hydrogens (tertiary/aromatic N) is 4. The van der Waals surface area contributed by atoms with Crippen molar-refractivity contribution in [2.75, 3.05) is 10.6 Å². The zero-order valence-corrected chi connectivity index (χ0v) is 13.9. The smallest absolute Gasteiger partial charge is 0.231 e. The molecule has 2 aromatic heterocycles. The topological polar surface area (TPSA) is 75.6 Å². The Balaban J connectivity index is 1.74. The molecule has 2 heterocycles. The molecule has 6 nitrogen and oxygen atoms in total. The Morgan fingerprint density at radius 3 is 2.46 bits per heavy atom. The molecule has 2 N–H and O–H groups in total. The zero-order chi connectivity index (χ0) is 17.9. The van der Waals surface area contributed by atoms with Crippen LogP contribution in [-0.4, -0.2) is 19.9 Å². The van der Waals surface area contributed by atoms with Crippen LogP contribution in [0.15, 0.2) is 60.9 Å². The monoisotopic (exact) mass is 346 g/mol. The quantitative estimate of drug-likeness (QED) is 0.572. The lowest BCUT2D eigenvalue weighted by Crippen LogP contribution is -2.04. The van der Waals surface area contributed by atoms with E-state index >= 15 is 0 Å². The van der Waals surface area contributed by atoms with Gasteiger partial charge in [-0.15, -0.1) is 0 Å². The first-order valence-electron chi connectivity index (χ1n) is 8.02. The second-order valence-corrected chi connectivity index (χ2v) is 5.75. The molecule has 4 aromatic rings. The molecule has 0 aliphatic rings. The van der Waals surface area contributed by atoms with Crippen molar-refractivity contribution in [2.45, 2.75) is 6.92 Å². The van der Waals surface area contributed by atoms with Gasteiger partial charge in [0.15, 0.2) is 17.0 Å². The van der Waals surface area contributed by atoms with Crippen LogP contribution in [0.5, 0.6) is 0 Å². The van der Waals surface area contributed by atoms with Crippen LogP contribution in [0.2, 0.25) is 0 Å². The molecule has 0 unspecified atom stereocenters. The molecule has 0 fully saturated rings. The molecule has 0 aliphatic carbocycles. The van der Waals surface area contributed by atoms with Crippen LogP contribution >= 0.6 is 0 Å². The van der Waals surface area contributed by atoms with Crippen molar-refractivity contribution in [3.63, 3.8) is 0 Å². The summed E-state index contributed by atoms with van der Waals surface area (Å²) in [5, 5.41) is 6.25. The standard InChI is InChI=1S/C19H15FN6/c1-12-5-7-14(8-6-12)23-18-16-17(22-10-9-21-16)25-19(26-18)24-15-4-2-3-13(20)11-15/h2-11H,1H3,(H2,22,23,24,25,26). The van der Waals surface area contributed by atoms with Crippen LogP contribution in [0.25, 0.3) is 11.2 Å². The van der Waals surface area contributed by atoms with E-state index in [2.05, 4.69) is 30.6 Å². The molecule has 128 valence electrons. The van der Waals surface area contributed by atoms with Crippen molar-refractivity contribution in [3.8, 4) is 0 Å². The average molecular weight is 346 g/mol. The third-order valence-corrected chi connectivity index (χ3v) is 3.73. The number of anilines is 4. The van der Waals surface area contributed by atoms with Crippen LogP contribution in [0, 0.1) is 12.7 Å². The minimum absolute atomic E-state index is 0.304. The molecule has 0 atom stereocenters. The van der Waals surface area contributed by atoms with Crippen molar-refractivity contribution < 1.29 is 4.39 Å². The summed E-state index contributed by atoms with van der Waals surface area (Å²) in [6, 6.07) is 14.0. The summed E-state index contributed by atoms with van der Waals surface area (Å²) >= 11 is 0. The van der Waals surface area contributed by atoms with Crippen LogP contribution in [-0.2, 0) is 0 Å². The molecule has 26 heavy (non-hydrogen) atoms. The van der Waals surface area contributed by atoms with Crippen LogP contribution in [0.1, 0.15) is 5.56 Å². The first-order valence-corrected chi connectivity index (χ1v) is 8.02. The van der Waals surface area contributed by atoms with Gasteiger partial charge in [0.2, 0.25) is 5.95 Å². The first-order chi connectivity index (χ1) is 12.7. The average Bonchev–Trinajstić information content (AvgIpc) is 2.64. The summed E-state index contributed by atoms with van der Waals surface area (Å²) < 4.78 is 13.4. The van der Waals surface area contributed by atoms with E-state index in [0.29, 0.717) is 28.6 Å². The molecule has 0 bridgehead atoms. The number of benzene rings is 2. The van der Waals surface area contributed by atoms with Gasteiger partial charge in [0.1, 0.15) is 5.82 Å². The molecular weight excluding hydrogens is 331 g/mol. The van der Waals surface area contributed by atoms with Gasteiger partial charge in [-0.3, -0.25) is 0 Å². The molecule has 7 heteroatoms. The van der Waals surface area contributed by atoms with Gasteiger partial charge in [-0.25, -0.2) is 14.4 Å². The molecule has 0 aliphatic heterocycles. The maximum absolute atomic E-state index is 13.4. The molecule has 0 saturated carbocycles. The van der Waals surface area contributed by atoms with Crippen molar-refractivity contribution in [2.24, 2.45) is 0 Å². The van der Waals surface area contributed by atoms with Gasteiger partial charge in [0.25, 0.3) is 0 Å². The second-order valence-electron chi connectivity index (χ2n) is 5.75. The Labute approximate surface area is 149 Å². The van der Waals surface area contributed by atoms with Gasteiger partial charge in [0.05, 0.1) is 0 Å². The normalized spacial score (nSPS) is 10.7. The Morgan fingerprint density at radius 1 is 0.846 bits per heavy atom. The largest absolute Gasteiger partial charge is 0.338 e. The van der Waals surface area contributed by atoms with E-state index in [1.54, 1.807) is 24.5 Å². The van der Waals surface area contributed by atoms with E-state index in [-0.39, 0.29) is 5.82 Å². The first kappa shape index (κ1) is 15.9. The van der Waals surface area contributed by atoms with E-state index in [9.17, 15) is 4.39 Å². The highest BCUT2D eigenvalue weighted by atomic mass is 19.1. The third-order valence-electron chi connectivity index (χ3n) is 3.73. The van der Waals surface area contributed by atoms with Crippen LogP contribution < -0.4 is 10.6 Å². The summed E-state index contributed by atoms with van der Waals surface area (Å²) in [4.78, 5) is 17.4. The third kappa shape index (κ3) is 3.41. The summed E-state index contributed by atoms with van der Waals surface area (Å²) in [6.45, 7) is 2.02. The zero-order valence-electron chi connectivity index (χ0n) is 13.9. The van der Waals surface area contributed by atoms with Crippen LogP contribution in [0.4, 0.5) is 27.5 Å². The lowest BCUT2D eigenvalue weighted by Gasteiger charge is -2.11. The Hall–Kier alpha value is -3.61. The van der Waals surface area contributed by atoms with Crippen molar-refractivity contribution in [3.05, 3.63) is 72.3 Å². The number of halogens is 1. The van der Waals surface area contributed by atoms with E-state index in [4.69, 9.17) is 0 Å². The van der Waals surface area contributed by atoms with Gasteiger partial charge in [-0.05, 0) is 37.3 Å². The van der Waals surface area contributed by atoms with Crippen LogP contribution in [0.3, 0.4) is 0 Å². The molecular formula is C19H15FN6. The predicted octanol–water partition coefficient (Wildman–Crippen LogP) is 4.35. The van der Waals surface area contributed by atoms with Gasteiger partial charge in [-0.2, -0.15) is 9.97 Å². The maximum atomic E-state index is 13.4. The lowest BCUT2D eigenvalue weighted by molar-refractivity contribution is 0.628. The Kier molecular flexibility index (Phi) is 4.10. The fourth-order valence-corrected chi connectivity index (χ4v) is 2.48. The highest BCUT2D eigenvalue weighted by molar-refractivity contribution is 5.85. The fourth-order valence-electron chi connectivity index (χ4n) is 2.48. The van der Waals surface area contributed by atoms with E-state index in [1.807, 2.05) is 31.2 Å². The lowest BCUT2D eigenvalue weighted by atomic mass is 10.2. The van der Waals surface area contributed by atoms with Crippen molar-refractivity contribution in [1.29, 1.82) is 0 Å². The SMILES string of the molecule is Cc1ccc(Nc2nc(Nc3cccc(F)c3)nc3nccnc23)cc1. The number of aromatic nitrogens is 4. The molecule has 2 aromatic carbocycles. The Morgan fingerprint density at radius 2 is 1.65 bits per heavy atom. The van der Waals surface area contributed by atoms with Crippen molar-refractivity contribution >= 4 is 34.3 Å². The number of aryl methyl sites for hydroxylation is 1. The summed E-state index contributed by atoms with van der Waals surface area (Å²) in [5.41, 5.74) is 3.58. The second kappa shape index (κ2) is 6.72. The van der Waals surface area contributed by atoms with Gasteiger partial charge in [-0.1, -0.05) is 23.8 Å². The summed E-state index contributed by atoms with van der Waals surface area (Å²) in [5.74, 6) is 0.484. The number of hydrogen-bond acceptors (Lipinski definition) is 6. The van der Waals surface area contributed by atoms with E-state index < -0.39 is 0 Å². The van der Waals surface area contributed by atoms with E-state index in [1.165, 1.54) is 12.1 Å². The van der Waals surface area contributed by atoms with Crippen molar-refractivity contribution in [1.82, 2.24) is 19.9 Å². The molecule has 0 spiro atoms. The van der Waals surface area contributed by atoms with E-state index in [0.717, 1.165) is 11.3 Å². The molecule has 0 amide bonds. The minimum atomic E-state index is -0.339. The highest BCUT2D eigenvalue weighted by Gasteiger charge is 2.11. The summed E-state index contributed by atoms with van der Waals surface area (Å²) in [7, 11) is 0. The molecule has 0 saturated heterocycles. The molecule has 4 rings (SSSR count). The van der Waals surface area contributed by atoms with Gasteiger partial charge in [0, 0.05) is 23.8 Å². The van der Waals surface area contributed by atoms with Gasteiger partial charge >= 0.3 is 0 Å². The Bertz CT molecular complexity index is 1070. The number of fused-ring (bicyclic) bond motifs is 1. The maximum Gasteiger partial charge on any atom is 0.231 e. The fraction of sp³-hybridized carbons (Fsp3) is 0.0526. The minimum Gasteiger partial charge on any atom is -0.338 e. The number of rotatable bonds is 4. The molecule has 0 radical (unpaired) electrons.